The van der Waals surface area contributed by atoms with Gasteiger partial charge >= 0.3 is 0 Å². The molecule has 0 aliphatic rings. The average molecular weight is 367 g/mol. The Morgan fingerprint density at radius 3 is 2.24 bits per heavy atom. The predicted molar refractivity (Wildman–Crippen MR) is 105 cm³/mol. The van der Waals surface area contributed by atoms with Gasteiger partial charge < -0.3 is 18.7 Å². The quantitative estimate of drug-likeness (QED) is 0.338. The van der Waals surface area contributed by atoms with Crippen molar-refractivity contribution in [2.75, 3.05) is 13.7 Å². The van der Waals surface area contributed by atoms with Crippen molar-refractivity contribution in [1.29, 1.82) is 0 Å². The van der Waals surface area contributed by atoms with Gasteiger partial charge in [-0.05, 0) is 42.2 Å². The van der Waals surface area contributed by atoms with Gasteiger partial charge in [0.1, 0.15) is 12.0 Å². The van der Waals surface area contributed by atoms with Crippen molar-refractivity contribution in [3.05, 3.63) is 29.8 Å². The van der Waals surface area contributed by atoms with E-state index >= 15 is 0 Å². The van der Waals surface area contributed by atoms with Crippen LogP contribution in [0.25, 0.3) is 0 Å². The van der Waals surface area contributed by atoms with Gasteiger partial charge in [0.15, 0.2) is 8.32 Å². The van der Waals surface area contributed by atoms with E-state index in [1.165, 1.54) is 0 Å². The maximum Gasteiger partial charge on any atom is 0.192 e. The molecule has 0 saturated carbocycles. The Morgan fingerprint density at radius 1 is 1.16 bits per heavy atom. The molecule has 0 saturated heterocycles. The number of rotatable bonds is 10. The largest absolute Gasteiger partial charge is 0.497 e. The molecule has 0 heterocycles. The second-order valence-corrected chi connectivity index (χ2v) is 12.9. The first-order valence-electron chi connectivity index (χ1n) is 8.94. The van der Waals surface area contributed by atoms with Crippen molar-refractivity contribution in [1.82, 2.24) is 0 Å². The summed E-state index contributed by atoms with van der Waals surface area (Å²) >= 11 is 0. The fourth-order valence-corrected chi connectivity index (χ4v) is 3.63. The van der Waals surface area contributed by atoms with E-state index in [0.717, 1.165) is 24.0 Å². The second-order valence-electron chi connectivity index (χ2n) is 8.10. The van der Waals surface area contributed by atoms with E-state index in [4.69, 9.17) is 13.9 Å². The van der Waals surface area contributed by atoms with Crippen LogP contribution in [0.15, 0.2) is 24.3 Å². The molecule has 0 unspecified atom stereocenters. The molecule has 0 bridgehead atoms. The maximum atomic E-state index is 11.3. The molecule has 0 N–H and O–H groups in total. The minimum atomic E-state index is -1.91. The van der Waals surface area contributed by atoms with Crippen LogP contribution in [0, 0.1) is 5.92 Å². The Balaban J connectivity index is 2.54. The number of hydrogen-bond donors (Lipinski definition) is 0. The molecule has 0 aliphatic carbocycles. The minimum absolute atomic E-state index is 0.0886. The summed E-state index contributed by atoms with van der Waals surface area (Å²) in [5.74, 6) is 0.713. The Hall–Kier alpha value is -1.17. The smallest absolute Gasteiger partial charge is 0.192 e. The summed E-state index contributed by atoms with van der Waals surface area (Å²) in [5.41, 5.74) is 1.10. The molecule has 1 aromatic rings. The first-order chi connectivity index (χ1) is 11.6. The molecule has 1 rings (SSSR count). The summed E-state index contributed by atoms with van der Waals surface area (Å²) in [6, 6.07) is 7.85. The number of ether oxygens (including phenoxy) is 2. The number of aldehydes is 1. The fourth-order valence-electron chi connectivity index (χ4n) is 2.18. The number of carbonyl (C=O) groups is 1. The average Bonchev–Trinajstić information content (AvgIpc) is 2.56. The monoisotopic (exact) mass is 366 g/mol. The van der Waals surface area contributed by atoms with Crippen LogP contribution < -0.4 is 4.74 Å². The highest BCUT2D eigenvalue weighted by Crippen LogP contribution is 2.38. The molecule has 142 valence electrons. The molecule has 0 radical (unpaired) electrons. The third-order valence-corrected chi connectivity index (χ3v) is 9.53. The van der Waals surface area contributed by atoms with Gasteiger partial charge in [-0.1, -0.05) is 39.8 Å². The van der Waals surface area contributed by atoms with Crippen LogP contribution in [0.2, 0.25) is 18.1 Å². The third-order valence-electron chi connectivity index (χ3n) is 5.03. The third kappa shape index (κ3) is 6.92. The van der Waals surface area contributed by atoms with Crippen LogP contribution in [-0.2, 0) is 20.6 Å². The van der Waals surface area contributed by atoms with Crippen molar-refractivity contribution in [2.24, 2.45) is 5.92 Å². The van der Waals surface area contributed by atoms with E-state index in [-0.39, 0.29) is 17.1 Å². The summed E-state index contributed by atoms with van der Waals surface area (Å²) < 4.78 is 17.4. The lowest BCUT2D eigenvalue weighted by Crippen LogP contribution is -2.46. The van der Waals surface area contributed by atoms with Gasteiger partial charge in [-0.2, -0.15) is 0 Å². The molecule has 0 aliphatic heterocycles. The summed E-state index contributed by atoms with van der Waals surface area (Å²) in [7, 11) is -0.255. The molecule has 1 aromatic carbocycles. The molecule has 4 nitrogen and oxygen atoms in total. The SMILES string of the molecule is COc1ccc(COCC[C@H](O[Si](C)(C)C(C)(C)C)[C@@H](C)C=O)cc1. The van der Waals surface area contributed by atoms with Crippen LogP contribution in [0.5, 0.6) is 5.75 Å². The molecule has 5 heteroatoms. The van der Waals surface area contributed by atoms with E-state index in [1.807, 2.05) is 31.2 Å². The Morgan fingerprint density at radius 2 is 1.76 bits per heavy atom. The Bertz CT molecular complexity index is 519. The predicted octanol–water partition coefficient (Wildman–Crippen LogP) is 4.83. The van der Waals surface area contributed by atoms with Gasteiger partial charge in [-0.3, -0.25) is 0 Å². The summed E-state index contributed by atoms with van der Waals surface area (Å²) in [6.07, 6.45) is 1.62. The van der Waals surface area contributed by atoms with Gasteiger partial charge in [0.25, 0.3) is 0 Å². The zero-order chi connectivity index (χ0) is 19.1. The zero-order valence-corrected chi connectivity index (χ0v) is 17.8. The van der Waals surface area contributed by atoms with Crippen LogP contribution in [0.4, 0.5) is 0 Å². The van der Waals surface area contributed by atoms with Crippen molar-refractivity contribution < 1.29 is 18.7 Å². The van der Waals surface area contributed by atoms with Crippen LogP contribution >= 0.6 is 0 Å². The van der Waals surface area contributed by atoms with E-state index in [2.05, 4.69) is 33.9 Å². The molecular weight excluding hydrogens is 332 g/mol. The van der Waals surface area contributed by atoms with Crippen LogP contribution in [0.1, 0.15) is 39.7 Å². The highest BCUT2D eigenvalue weighted by atomic mass is 28.4. The highest BCUT2D eigenvalue weighted by Gasteiger charge is 2.40. The molecular formula is C20H34O4Si. The fraction of sp³-hybridized carbons (Fsp3) is 0.650. The maximum absolute atomic E-state index is 11.3. The van der Waals surface area contributed by atoms with E-state index in [9.17, 15) is 4.79 Å². The van der Waals surface area contributed by atoms with Crippen molar-refractivity contribution in [2.45, 2.75) is 65.0 Å². The summed E-state index contributed by atoms with van der Waals surface area (Å²) in [4.78, 5) is 11.3. The lowest BCUT2D eigenvalue weighted by molar-refractivity contribution is -0.113. The highest BCUT2D eigenvalue weighted by molar-refractivity contribution is 6.74. The Kier molecular flexibility index (Phi) is 8.31. The number of carbonyl (C=O) groups excluding carboxylic acids is 1. The van der Waals surface area contributed by atoms with E-state index < -0.39 is 8.32 Å². The summed E-state index contributed by atoms with van der Waals surface area (Å²) in [6.45, 7) is 14.1. The normalized spacial score (nSPS) is 14.8. The number of methoxy groups -OCH3 is 1. The lowest BCUT2D eigenvalue weighted by atomic mass is 10.0. The van der Waals surface area contributed by atoms with Gasteiger partial charge in [0.05, 0.1) is 19.8 Å². The van der Waals surface area contributed by atoms with Gasteiger partial charge in [0, 0.05) is 12.5 Å². The van der Waals surface area contributed by atoms with Crippen molar-refractivity contribution >= 4 is 14.6 Å². The topological polar surface area (TPSA) is 44.8 Å². The Labute approximate surface area is 154 Å². The molecule has 0 amide bonds. The van der Waals surface area contributed by atoms with E-state index in [1.54, 1.807) is 7.11 Å². The number of hydrogen-bond acceptors (Lipinski definition) is 4. The molecule has 2 atom stereocenters. The minimum Gasteiger partial charge on any atom is -0.497 e. The van der Waals surface area contributed by atoms with Crippen LogP contribution in [-0.4, -0.2) is 34.4 Å². The lowest BCUT2D eigenvalue weighted by Gasteiger charge is -2.40. The van der Waals surface area contributed by atoms with Crippen LogP contribution in [0.3, 0.4) is 0 Å². The zero-order valence-electron chi connectivity index (χ0n) is 16.8. The molecule has 0 spiro atoms. The first kappa shape index (κ1) is 21.9. The van der Waals surface area contributed by atoms with Gasteiger partial charge in [0.2, 0.25) is 0 Å². The molecule has 25 heavy (non-hydrogen) atoms. The summed E-state index contributed by atoms with van der Waals surface area (Å²) in [5, 5.41) is 0.123. The standard InChI is InChI=1S/C20H34O4Si/c1-16(14-21)19(24-25(6,7)20(2,3)4)12-13-23-15-17-8-10-18(22-5)11-9-17/h8-11,14,16,19H,12-13,15H2,1-7H3/t16-,19-/m0/s1. The second kappa shape index (κ2) is 9.50. The molecule has 0 aromatic heterocycles. The van der Waals surface area contributed by atoms with Crippen molar-refractivity contribution in [3.63, 3.8) is 0 Å². The van der Waals surface area contributed by atoms with Crippen molar-refractivity contribution in [3.8, 4) is 5.75 Å². The molecule has 0 fully saturated rings. The van der Waals surface area contributed by atoms with E-state index in [0.29, 0.717) is 13.2 Å². The number of benzene rings is 1. The van der Waals surface area contributed by atoms with Gasteiger partial charge in [-0.15, -0.1) is 0 Å². The van der Waals surface area contributed by atoms with Gasteiger partial charge in [-0.25, -0.2) is 0 Å². The first-order valence-corrected chi connectivity index (χ1v) is 11.9.